The lowest BCUT2D eigenvalue weighted by Gasteiger charge is -2.36. The third-order valence-corrected chi connectivity index (χ3v) is 3.46. The predicted octanol–water partition coefficient (Wildman–Crippen LogP) is 0.898. The molecule has 94 valence electrons. The van der Waals surface area contributed by atoms with Gasteiger partial charge in [0.15, 0.2) is 0 Å². The molecule has 1 fully saturated rings. The zero-order valence-electron chi connectivity index (χ0n) is 10.8. The predicted molar refractivity (Wildman–Crippen MR) is 70.1 cm³/mol. The summed E-state index contributed by atoms with van der Waals surface area (Å²) < 4.78 is 0. The number of piperidine rings is 1. The van der Waals surface area contributed by atoms with Crippen LogP contribution in [0.5, 0.6) is 0 Å². The van der Waals surface area contributed by atoms with Gasteiger partial charge < -0.3 is 15.5 Å². The molecule has 1 aliphatic heterocycles. The Morgan fingerprint density at radius 3 is 2.59 bits per heavy atom. The van der Waals surface area contributed by atoms with Crippen LogP contribution in [0.25, 0.3) is 0 Å². The van der Waals surface area contributed by atoms with Crippen molar-refractivity contribution in [2.75, 3.05) is 37.8 Å². The second kappa shape index (κ2) is 4.87. The Balaban J connectivity index is 2.07. The van der Waals surface area contributed by atoms with Gasteiger partial charge in [0.2, 0.25) is 5.95 Å². The average molecular weight is 235 g/mol. The summed E-state index contributed by atoms with van der Waals surface area (Å²) in [5, 5.41) is 0. The number of nitrogen functional groups attached to an aromatic ring is 1. The molecule has 0 unspecified atom stereocenters. The van der Waals surface area contributed by atoms with Crippen molar-refractivity contribution < 1.29 is 0 Å². The van der Waals surface area contributed by atoms with Crippen LogP contribution in [0.2, 0.25) is 0 Å². The van der Waals surface area contributed by atoms with E-state index in [4.69, 9.17) is 5.73 Å². The van der Waals surface area contributed by atoms with Crippen molar-refractivity contribution in [3.8, 4) is 0 Å². The monoisotopic (exact) mass is 235 g/mol. The van der Waals surface area contributed by atoms with E-state index in [2.05, 4.69) is 33.9 Å². The number of nitrogens with two attached hydrogens (primary N) is 1. The number of aryl methyl sites for hydroxylation is 1. The van der Waals surface area contributed by atoms with Gasteiger partial charge in [0.25, 0.3) is 0 Å². The molecule has 1 aromatic rings. The van der Waals surface area contributed by atoms with E-state index < -0.39 is 0 Å². The Bertz CT molecular complexity index is 382. The molecular weight excluding hydrogens is 214 g/mol. The molecule has 2 rings (SSSR count). The lowest BCUT2D eigenvalue weighted by atomic mass is 10.0. The molecule has 5 nitrogen and oxygen atoms in total. The maximum atomic E-state index is 5.65. The van der Waals surface area contributed by atoms with Crippen LogP contribution in [0.3, 0.4) is 0 Å². The first-order valence-electron chi connectivity index (χ1n) is 6.08. The fourth-order valence-corrected chi connectivity index (χ4v) is 2.36. The van der Waals surface area contributed by atoms with Gasteiger partial charge in [-0.25, -0.2) is 4.98 Å². The zero-order chi connectivity index (χ0) is 12.4. The van der Waals surface area contributed by atoms with E-state index in [1.54, 1.807) is 6.20 Å². The van der Waals surface area contributed by atoms with Crippen molar-refractivity contribution in [3.63, 3.8) is 0 Å². The zero-order valence-corrected chi connectivity index (χ0v) is 10.8. The van der Waals surface area contributed by atoms with Crippen LogP contribution in [0, 0.1) is 6.92 Å². The lowest BCUT2D eigenvalue weighted by molar-refractivity contribution is 0.249. The van der Waals surface area contributed by atoms with E-state index in [9.17, 15) is 0 Å². The molecule has 0 bridgehead atoms. The van der Waals surface area contributed by atoms with Gasteiger partial charge in [-0.15, -0.1) is 0 Å². The van der Waals surface area contributed by atoms with E-state index in [1.165, 1.54) is 12.8 Å². The van der Waals surface area contributed by atoms with E-state index in [1.807, 2.05) is 6.92 Å². The first-order chi connectivity index (χ1) is 8.08. The molecule has 17 heavy (non-hydrogen) atoms. The van der Waals surface area contributed by atoms with Crippen LogP contribution >= 0.6 is 0 Å². The van der Waals surface area contributed by atoms with Gasteiger partial charge in [-0.05, 0) is 33.9 Å². The summed E-state index contributed by atoms with van der Waals surface area (Å²) >= 11 is 0. The Labute approximate surface area is 103 Å². The highest BCUT2D eigenvalue weighted by atomic mass is 15.2. The summed E-state index contributed by atoms with van der Waals surface area (Å²) in [5.74, 6) is 1.36. The molecule has 0 aliphatic carbocycles. The Morgan fingerprint density at radius 2 is 2.00 bits per heavy atom. The van der Waals surface area contributed by atoms with E-state index in [0.717, 1.165) is 24.5 Å². The topological polar surface area (TPSA) is 58.3 Å². The van der Waals surface area contributed by atoms with Crippen LogP contribution in [-0.4, -0.2) is 48.1 Å². The minimum atomic E-state index is 0.361. The van der Waals surface area contributed by atoms with Gasteiger partial charge in [-0.3, -0.25) is 0 Å². The van der Waals surface area contributed by atoms with Crippen molar-refractivity contribution in [3.05, 3.63) is 11.8 Å². The standard InChI is InChI=1S/C12H21N5/c1-9-8-14-12(13)15-11(9)17-6-4-10(5-7-17)16(2)3/h8,10H,4-7H2,1-3H3,(H2,13,14,15). The molecule has 0 saturated carbocycles. The smallest absolute Gasteiger partial charge is 0.221 e. The van der Waals surface area contributed by atoms with E-state index >= 15 is 0 Å². The highest BCUT2D eigenvalue weighted by molar-refractivity contribution is 5.48. The molecule has 2 N–H and O–H groups in total. The third kappa shape index (κ3) is 2.66. The summed E-state index contributed by atoms with van der Waals surface area (Å²) in [6, 6.07) is 0.686. The van der Waals surface area contributed by atoms with Gasteiger partial charge in [-0.1, -0.05) is 0 Å². The second-order valence-corrected chi connectivity index (χ2v) is 4.92. The molecular formula is C12H21N5. The maximum absolute atomic E-state index is 5.65. The molecule has 5 heteroatoms. The number of nitrogens with zero attached hydrogens (tertiary/aromatic N) is 4. The first-order valence-corrected chi connectivity index (χ1v) is 6.08. The van der Waals surface area contributed by atoms with E-state index in [-0.39, 0.29) is 0 Å². The maximum Gasteiger partial charge on any atom is 0.221 e. The largest absolute Gasteiger partial charge is 0.368 e. The Kier molecular flexibility index (Phi) is 3.47. The van der Waals surface area contributed by atoms with E-state index in [0.29, 0.717) is 12.0 Å². The molecule has 0 atom stereocenters. The third-order valence-electron chi connectivity index (χ3n) is 3.46. The fraction of sp³-hybridized carbons (Fsp3) is 0.667. The normalized spacial score (nSPS) is 17.8. The van der Waals surface area contributed by atoms with Gasteiger partial charge in [0.05, 0.1) is 0 Å². The summed E-state index contributed by atoms with van der Waals surface area (Å²) in [6.45, 7) is 4.12. The molecule has 0 spiro atoms. The van der Waals surface area contributed by atoms with Crippen LogP contribution < -0.4 is 10.6 Å². The van der Waals surface area contributed by atoms with Gasteiger partial charge in [0, 0.05) is 30.9 Å². The highest BCUT2D eigenvalue weighted by Crippen LogP contribution is 2.22. The molecule has 0 aromatic carbocycles. The van der Waals surface area contributed by atoms with Gasteiger partial charge >= 0.3 is 0 Å². The molecule has 0 radical (unpaired) electrons. The Hall–Kier alpha value is -1.36. The molecule has 0 amide bonds. The van der Waals surface area contributed by atoms with Crippen molar-refractivity contribution in [2.24, 2.45) is 0 Å². The van der Waals surface area contributed by atoms with Crippen LogP contribution in [-0.2, 0) is 0 Å². The number of hydrogen-bond donors (Lipinski definition) is 1. The van der Waals surface area contributed by atoms with Crippen LogP contribution in [0.1, 0.15) is 18.4 Å². The molecule has 1 saturated heterocycles. The summed E-state index contributed by atoms with van der Waals surface area (Å²) in [4.78, 5) is 13.0. The van der Waals surface area contributed by atoms with Crippen molar-refractivity contribution in [1.82, 2.24) is 14.9 Å². The number of rotatable bonds is 2. The van der Waals surface area contributed by atoms with Gasteiger partial charge in [0.1, 0.15) is 5.82 Å². The average Bonchev–Trinajstić information content (AvgIpc) is 2.32. The van der Waals surface area contributed by atoms with Crippen molar-refractivity contribution in [1.29, 1.82) is 0 Å². The lowest BCUT2D eigenvalue weighted by Crippen LogP contribution is -2.42. The summed E-state index contributed by atoms with van der Waals surface area (Å²) in [6.07, 6.45) is 4.16. The molecule has 1 aromatic heterocycles. The van der Waals surface area contributed by atoms with Crippen molar-refractivity contribution in [2.45, 2.75) is 25.8 Å². The quantitative estimate of drug-likeness (QED) is 0.825. The summed E-state index contributed by atoms with van der Waals surface area (Å²) in [7, 11) is 4.29. The second-order valence-electron chi connectivity index (χ2n) is 4.92. The van der Waals surface area contributed by atoms with Crippen LogP contribution in [0.4, 0.5) is 11.8 Å². The molecule has 1 aliphatic rings. The number of anilines is 2. The van der Waals surface area contributed by atoms with Gasteiger partial charge in [-0.2, -0.15) is 4.98 Å². The Morgan fingerprint density at radius 1 is 1.35 bits per heavy atom. The number of hydrogen-bond acceptors (Lipinski definition) is 5. The number of aromatic nitrogens is 2. The minimum Gasteiger partial charge on any atom is -0.368 e. The minimum absolute atomic E-state index is 0.361. The molecule has 2 heterocycles. The first kappa shape index (κ1) is 12.1. The van der Waals surface area contributed by atoms with Crippen molar-refractivity contribution >= 4 is 11.8 Å². The SMILES string of the molecule is Cc1cnc(N)nc1N1CCC(N(C)C)CC1. The fourth-order valence-electron chi connectivity index (χ4n) is 2.36. The highest BCUT2D eigenvalue weighted by Gasteiger charge is 2.22. The van der Waals surface area contributed by atoms with Crippen LogP contribution in [0.15, 0.2) is 6.20 Å². The summed E-state index contributed by atoms with van der Waals surface area (Å²) in [5.41, 5.74) is 6.75.